The monoisotopic (exact) mass is 427 g/mol. The van der Waals surface area contributed by atoms with Gasteiger partial charge in [-0.2, -0.15) is 0 Å². The number of amides is 1. The van der Waals surface area contributed by atoms with Crippen molar-refractivity contribution in [2.24, 2.45) is 0 Å². The number of fused-ring (bicyclic) bond motifs is 1. The Kier molecular flexibility index (Phi) is 4.99. The molecule has 0 bridgehead atoms. The highest BCUT2D eigenvalue weighted by Gasteiger charge is 2.29. The van der Waals surface area contributed by atoms with Crippen LogP contribution in [0.4, 0.5) is 0 Å². The van der Waals surface area contributed by atoms with Crippen molar-refractivity contribution in [3.8, 4) is 11.5 Å². The number of carbonyl (C=O) groups excluding carboxylic acids is 2. The van der Waals surface area contributed by atoms with E-state index < -0.39 is 0 Å². The molecule has 0 radical (unpaired) electrons. The highest BCUT2D eigenvalue weighted by molar-refractivity contribution is 9.10. The molecule has 0 aliphatic carbocycles. The first-order valence-electron chi connectivity index (χ1n) is 8.77. The lowest BCUT2D eigenvalue weighted by atomic mass is 9.96. The Morgan fingerprint density at radius 1 is 1.11 bits per heavy atom. The number of benzene rings is 2. The standard InChI is InChI=1S/C21H18BrNO4/c22-17-13-20-19(26-8-9-27-20)10-15(17)11-21(25)23-7-6-16(24)12-18(23)14-4-2-1-3-5-14/h1-7,10,13,18H,8-9,11-12H2. The number of halogens is 1. The van der Waals surface area contributed by atoms with Crippen molar-refractivity contribution in [1.29, 1.82) is 0 Å². The van der Waals surface area contributed by atoms with Crippen LogP contribution in [0, 0.1) is 0 Å². The van der Waals surface area contributed by atoms with Crippen molar-refractivity contribution in [1.82, 2.24) is 4.90 Å². The van der Waals surface area contributed by atoms with Crippen LogP contribution in [0.1, 0.15) is 23.6 Å². The molecule has 1 atom stereocenters. The lowest BCUT2D eigenvalue weighted by Gasteiger charge is -2.31. The van der Waals surface area contributed by atoms with Gasteiger partial charge in [-0.15, -0.1) is 0 Å². The summed E-state index contributed by atoms with van der Waals surface area (Å²) in [6.45, 7) is 1.01. The molecule has 6 heteroatoms. The number of ketones is 1. The fourth-order valence-electron chi connectivity index (χ4n) is 3.33. The average Bonchev–Trinajstić information content (AvgIpc) is 2.69. The Morgan fingerprint density at radius 2 is 1.81 bits per heavy atom. The fraction of sp³-hybridized carbons (Fsp3) is 0.238. The van der Waals surface area contributed by atoms with Crippen LogP contribution in [0.15, 0.2) is 59.2 Å². The first-order valence-corrected chi connectivity index (χ1v) is 9.56. The first kappa shape index (κ1) is 17.8. The zero-order valence-electron chi connectivity index (χ0n) is 14.6. The van der Waals surface area contributed by atoms with Gasteiger partial charge in [0.2, 0.25) is 5.91 Å². The van der Waals surface area contributed by atoms with E-state index in [1.54, 1.807) is 11.1 Å². The van der Waals surface area contributed by atoms with Crippen LogP contribution in [-0.4, -0.2) is 29.8 Å². The van der Waals surface area contributed by atoms with Gasteiger partial charge in [0.05, 0.1) is 12.5 Å². The molecule has 0 spiro atoms. The second-order valence-corrected chi connectivity index (χ2v) is 7.33. The number of hydrogen-bond donors (Lipinski definition) is 0. The van der Waals surface area contributed by atoms with Gasteiger partial charge in [-0.05, 0) is 29.3 Å². The molecule has 2 aliphatic rings. The summed E-state index contributed by atoms with van der Waals surface area (Å²) in [5, 5.41) is 0. The minimum Gasteiger partial charge on any atom is -0.486 e. The minimum absolute atomic E-state index is 0.0217. The van der Waals surface area contributed by atoms with E-state index in [4.69, 9.17) is 9.47 Å². The van der Waals surface area contributed by atoms with Crippen molar-refractivity contribution in [2.75, 3.05) is 13.2 Å². The van der Waals surface area contributed by atoms with Crippen LogP contribution < -0.4 is 9.47 Å². The Bertz CT molecular complexity index is 910. The van der Waals surface area contributed by atoms with Gasteiger partial charge in [0.1, 0.15) is 13.2 Å². The van der Waals surface area contributed by atoms with Crippen LogP contribution in [0.3, 0.4) is 0 Å². The van der Waals surface area contributed by atoms with Gasteiger partial charge in [-0.3, -0.25) is 9.59 Å². The van der Waals surface area contributed by atoms with Crippen molar-refractivity contribution in [3.63, 3.8) is 0 Å². The highest BCUT2D eigenvalue weighted by atomic mass is 79.9. The third-order valence-electron chi connectivity index (χ3n) is 4.68. The van der Waals surface area contributed by atoms with E-state index in [2.05, 4.69) is 15.9 Å². The van der Waals surface area contributed by atoms with E-state index in [0.29, 0.717) is 24.7 Å². The quantitative estimate of drug-likeness (QED) is 0.746. The largest absolute Gasteiger partial charge is 0.486 e. The summed E-state index contributed by atoms with van der Waals surface area (Å²) in [7, 11) is 0. The lowest BCUT2D eigenvalue weighted by Crippen LogP contribution is -2.35. The van der Waals surface area contributed by atoms with Crippen molar-refractivity contribution < 1.29 is 19.1 Å². The van der Waals surface area contributed by atoms with Crippen molar-refractivity contribution in [2.45, 2.75) is 18.9 Å². The van der Waals surface area contributed by atoms with Crippen LogP contribution >= 0.6 is 15.9 Å². The predicted octanol–water partition coefficient (Wildman–Crippen LogP) is 3.82. The molecule has 0 saturated heterocycles. The van der Waals surface area contributed by atoms with E-state index in [9.17, 15) is 9.59 Å². The summed E-state index contributed by atoms with van der Waals surface area (Å²) >= 11 is 3.52. The van der Waals surface area contributed by atoms with Gasteiger partial charge >= 0.3 is 0 Å². The number of allylic oxidation sites excluding steroid dienone is 1. The molecule has 0 N–H and O–H groups in total. The summed E-state index contributed by atoms with van der Waals surface area (Å²) in [5.74, 6) is 1.27. The smallest absolute Gasteiger partial charge is 0.231 e. The predicted molar refractivity (Wildman–Crippen MR) is 104 cm³/mol. The zero-order chi connectivity index (χ0) is 18.8. The number of hydrogen-bond acceptors (Lipinski definition) is 4. The van der Waals surface area contributed by atoms with Crippen LogP contribution in [0.5, 0.6) is 11.5 Å². The molecule has 2 aromatic rings. The van der Waals surface area contributed by atoms with Crippen molar-refractivity contribution >= 4 is 27.6 Å². The Hall–Kier alpha value is -2.60. The van der Waals surface area contributed by atoms with Gasteiger partial charge in [0.25, 0.3) is 0 Å². The summed E-state index contributed by atoms with van der Waals surface area (Å²) in [5.41, 5.74) is 1.77. The fourth-order valence-corrected chi connectivity index (χ4v) is 3.79. The van der Waals surface area contributed by atoms with Crippen LogP contribution in [0.2, 0.25) is 0 Å². The molecule has 0 fully saturated rings. The Balaban J connectivity index is 1.60. The maximum absolute atomic E-state index is 13.0. The topological polar surface area (TPSA) is 55.8 Å². The summed E-state index contributed by atoms with van der Waals surface area (Å²) in [4.78, 5) is 26.6. The minimum atomic E-state index is -0.285. The molecule has 0 aromatic heterocycles. The molecule has 27 heavy (non-hydrogen) atoms. The van der Waals surface area contributed by atoms with Gasteiger partial charge in [0, 0.05) is 17.1 Å². The van der Waals surface area contributed by atoms with Gasteiger partial charge in [-0.25, -0.2) is 0 Å². The van der Waals surface area contributed by atoms with E-state index >= 15 is 0 Å². The number of ether oxygens (including phenoxy) is 2. The molecule has 1 unspecified atom stereocenters. The van der Waals surface area contributed by atoms with Gasteiger partial charge in [-0.1, -0.05) is 46.3 Å². The molecular formula is C21H18BrNO4. The highest BCUT2D eigenvalue weighted by Crippen LogP contribution is 2.36. The molecule has 2 aromatic carbocycles. The van der Waals surface area contributed by atoms with E-state index in [1.807, 2.05) is 42.5 Å². The second-order valence-electron chi connectivity index (χ2n) is 6.48. The van der Waals surface area contributed by atoms with E-state index in [-0.39, 0.29) is 30.6 Å². The molecule has 0 saturated carbocycles. The average molecular weight is 428 g/mol. The Labute approximate surface area is 165 Å². The molecule has 138 valence electrons. The molecule has 1 amide bonds. The number of rotatable bonds is 3. The number of carbonyl (C=O) groups is 2. The van der Waals surface area contributed by atoms with Crippen LogP contribution in [-0.2, 0) is 16.0 Å². The molecule has 2 aliphatic heterocycles. The van der Waals surface area contributed by atoms with Crippen molar-refractivity contribution in [3.05, 3.63) is 70.3 Å². The second kappa shape index (κ2) is 7.56. The molecular weight excluding hydrogens is 410 g/mol. The zero-order valence-corrected chi connectivity index (χ0v) is 16.1. The maximum atomic E-state index is 13.0. The van der Waals surface area contributed by atoms with E-state index in [1.165, 1.54) is 6.08 Å². The van der Waals surface area contributed by atoms with Gasteiger partial charge < -0.3 is 14.4 Å². The molecule has 2 heterocycles. The third kappa shape index (κ3) is 3.76. The molecule has 5 nitrogen and oxygen atoms in total. The maximum Gasteiger partial charge on any atom is 0.231 e. The summed E-state index contributed by atoms with van der Waals surface area (Å²) in [6.07, 6.45) is 3.54. The SMILES string of the molecule is O=C1C=CN(C(=O)Cc2cc3c(cc2Br)OCCO3)C(c2ccccc2)C1. The molecule has 4 rings (SSSR count). The first-order chi connectivity index (χ1) is 13.1. The third-order valence-corrected chi connectivity index (χ3v) is 5.41. The lowest BCUT2D eigenvalue weighted by molar-refractivity contribution is -0.131. The van der Waals surface area contributed by atoms with E-state index in [0.717, 1.165) is 15.6 Å². The number of nitrogens with zero attached hydrogens (tertiary/aromatic N) is 1. The summed E-state index contributed by atoms with van der Waals surface area (Å²) in [6, 6.07) is 13.0. The normalized spacial score (nSPS) is 18.5. The van der Waals surface area contributed by atoms with Crippen LogP contribution in [0.25, 0.3) is 0 Å². The van der Waals surface area contributed by atoms with Gasteiger partial charge in [0.15, 0.2) is 17.3 Å². The summed E-state index contributed by atoms with van der Waals surface area (Å²) < 4.78 is 12.0. The Morgan fingerprint density at radius 3 is 2.56 bits per heavy atom.